The number of Topliss-reactive ketones (excluding diaryl/α,β-unsaturated/α-hetero) is 1. The third-order valence-corrected chi connectivity index (χ3v) is 4.87. The van der Waals surface area contributed by atoms with E-state index in [0.717, 1.165) is 11.6 Å². The first-order chi connectivity index (χ1) is 12.8. The van der Waals surface area contributed by atoms with Crippen molar-refractivity contribution in [1.82, 2.24) is 0 Å². The van der Waals surface area contributed by atoms with Crippen LogP contribution in [0.3, 0.4) is 0 Å². The number of amides is 1. The molecule has 1 aliphatic rings. The van der Waals surface area contributed by atoms with Gasteiger partial charge in [0.1, 0.15) is 5.75 Å². The van der Waals surface area contributed by atoms with Crippen LogP contribution >= 0.6 is 23.2 Å². The lowest BCUT2D eigenvalue weighted by Gasteiger charge is -2.13. The number of nitro benzene ring substituents is 1. The highest BCUT2D eigenvalue weighted by Crippen LogP contribution is 2.42. The van der Waals surface area contributed by atoms with Crippen molar-refractivity contribution in [2.45, 2.75) is 19.3 Å². The quantitative estimate of drug-likeness (QED) is 0.575. The molecule has 1 atom stereocenters. The van der Waals surface area contributed by atoms with Crippen LogP contribution in [0.25, 0.3) is 0 Å². The van der Waals surface area contributed by atoms with Gasteiger partial charge in [0, 0.05) is 23.6 Å². The average molecular weight is 409 g/mol. The summed E-state index contributed by atoms with van der Waals surface area (Å²) in [5.74, 6) is -0.387. The zero-order chi connectivity index (χ0) is 19.7. The number of ketones is 1. The van der Waals surface area contributed by atoms with E-state index < -0.39 is 17.4 Å². The minimum absolute atomic E-state index is 0.0129. The normalized spacial score (nSPS) is 15.4. The SMILES string of the molecule is C[C@H]1CC(=O)c2c(OCC(=O)Nc3cc([N+](=O)[O-])ccc3Cl)ccc(Cl)c21. The summed E-state index contributed by atoms with van der Waals surface area (Å²) in [6.45, 7) is 1.51. The summed E-state index contributed by atoms with van der Waals surface area (Å²) in [5.41, 5.74) is 1.02. The van der Waals surface area contributed by atoms with Crippen LogP contribution in [0.5, 0.6) is 5.75 Å². The van der Waals surface area contributed by atoms with Gasteiger partial charge in [0.2, 0.25) is 0 Å². The third kappa shape index (κ3) is 3.89. The molecule has 27 heavy (non-hydrogen) atoms. The topological polar surface area (TPSA) is 98.5 Å². The van der Waals surface area contributed by atoms with Gasteiger partial charge in [-0.15, -0.1) is 0 Å². The Bertz CT molecular complexity index is 961. The lowest BCUT2D eigenvalue weighted by Crippen LogP contribution is -2.21. The van der Waals surface area contributed by atoms with Crippen LogP contribution in [0.2, 0.25) is 10.0 Å². The van der Waals surface area contributed by atoms with E-state index in [2.05, 4.69) is 5.32 Å². The number of rotatable bonds is 5. The van der Waals surface area contributed by atoms with Crippen molar-refractivity contribution in [1.29, 1.82) is 0 Å². The first kappa shape index (κ1) is 19.1. The summed E-state index contributed by atoms with van der Waals surface area (Å²) in [7, 11) is 0. The number of nitrogens with one attached hydrogen (secondary N) is 1. The minimum atomic E-state index is -0.591. The molecule has 1 amide bonds. The molecule has 0 aliphatic heterocycles. The zero-order valence-electron chi connectivity index (χ0n) is 14.1. The van der Waals surface area contributed by atoms with Crippen LogP contribution in [-0.4, -0.2) is 23.2 Å². The summed E-state index contributed by atoms with van der Waals surface area (Å²) < 4.78 is 5.51. The van der Waals surface area contributed by atoms with Crippen molar-refractivity contribution in [3.05, 3.63) is 61.6 Å². The van der Waals surface area contributed by atoms with Gasteiger partial charge in [-0.25, -0.2) is 0 Å². The average Bonchev–Trinajstić information content (AvgIpc) is 2.91. The number of hydrogen-bond donors (Lipinski definition) is 1. The van der Waals surface area contributed by atoms with Gasteiger partial charge < -0.3 is 10.1 Å². The van der Waals surface area contributed by atoms with Crippen molar-refractivity contribution < 1.29 is 19.2 Å². The number of anilines is 1. The third-order valence-electron chi connectivity index (χ3n) is 4.21. The molecule has 9 heteroatoms. The summed E-state index contributed by atoms with van der Waals surface area (Å²) in [4.78, 5) is 34.6. The van der Waals surface area contributed by atoms with E-state index in [1.54, 1.807) is 12.1 Å². The Morgan fingerprint density at radius 2 is 2.00 bits per heavy atom. The molecule has 0 saturated carbocycles. The van der Waals surface area contributed by atoms with Crippen LogP contribution in [0.1, 0.15) is 35.2 Å². The maximum absolute atomic E-state index is 12.2. The molecular formula is C18H14Cl2N2O5. The Hall–Kier alpha value is -2.64. The first-order valence-electron chi connectivity index (χ1n) is 8.00. The molecule has 7 nitrogen and oxygen atoms in total. The van der Waals surface area contributed by atoms with Gasteiger partial charge in [-0.2, -0.15) is 0 Å². The molecule has 0 unspecified atom stereocenters. The number of nitrogens with zero attached hydrogens (tertiary/aromatic N) is 1. The molecule has 0 bridgehead atoms. The second-order valence-corrected chi connectivity index (χ2v) is 6.94. The molecule has 0 aromatic heterocycles. The predicted molar refractivity (Wildman–Crippen MR) is 101 cm³/mol. The number of nitro groups is 1. The monoisotopic (exact) mass is 408 g/mol. The van der Waals surface area contributed by atoms with Crippen LogP contribution in [-0.2, 0) is 4.79 Å². The molecule has 1 N–H and O–H groups in total. The minimum Gasteiger partial charge on any atom is -0.483 e. The maximum atomic E-state index is 12.2. The molecule has 0 saturated heterocycles. The molecular weight excluding hydrogens is 395 g/mol. The van der Waals surface area contributed by atoms with Gasteiger partial charge in [0.05, 0.1) is 21.2 Å². The van der Waals surface area contributed by atoms with E-state index in [-0.39, 0.29) is 33.8 Å². The predicted octanol–water partition coefficient (Wildman–Crippen LogP) is 4.61. The van der Waals surface area contributed by atoms with Crippen molar-refractivity contribution in [2.75, 3.05) is 11.9 Å². The molecule has 2 aromatic rings. The summed E-state index contributed by atoms with van der Waals surface area (Å²) in [6.07, 6.45) is 0.338. The second kappa shape index (κ2) is 7.54. The summed E-state index contributed by atoms with van der Waals surface area (Å²) >= 11 is 12.1. The molecule has 140 valence electrons. The number of fused-ring (bicyclic) bond motifs is 1. The lowest BCUT2D eigenvalue weighted by molar-refractivity contribution is -0.384. The highest BCUT2D eigenvalue weighted by atomic mass is 35.5. The molecule has 0 spiro atoms. The molecule has 1 aliphatic carbocycles. The Morgan fingerprint density at radius 3 is 2.70 bits per heavy atom. The van der Waals surface area contributed by atoms with Crippen LogP contribution < -0.4 is 10.1 Å². The van der Waals surface area contributed by atoms with Crippen LogP contribution in [0, 0.1) is 10.1 Å². The maximum Gasteiger partial charge on any atom is 0.271 e. The summed E-state index contributed by atoms with van der Waals surface area (Å²) in [6, 6.07) is 6.89. The highest BCUT2D eigenvalue weighted by Gasteiger charge is 2.32. The lowest BCUT2D eigenvalue weighted by atomic mass is 10.0. The highest BCUT2D eigenvalue weighted by molar-refractivity contribution is 6.34. The van der Waals surface area contributed by atoms with Gasteiger partial charge in [-0.1, -0.05) is 30.1 Å². The molecule has 2 aromatic carbocycles. The van der Waals surface area contributed by atoms with E-state index in [1.807, 2.05) is 6.92 Å². The standard InChI is InChI=1S/C18H14Cl2N2O5/c1-9-6-14(23)18-15(5-4-12(20)17(9)18)27-8-16(24)21-13-7-10(22(25)26)2-3-11(13)19/h2-5,7,9H,6,8H2,1H3,(H,21,24)/t9-/m0/s1. The van der Waals surface area contributed by atoms with E-state index in [0.29, 0.717) is 17.0 Å². The number of benzene rings is 2. The fraction of sp³-hybridized carbons (Fsp3) is 0.222. The smallest absolute Gasteiger partial charge is 0.271 e. The number of non-ortho nitro benzene ring substituents is 1. The molecule has 3 rings (SSSR count). The van der Waals surface area contributed by atoms with Crippen molar-refractivity contribution in [3.8, 4) is 5.75 Å². The number of halogens is 2. The number of hydrogen-bond acceptors (Lipinski definition) is 5. The zero-order valence-corrected chi connectivity index (χ0v) is 15.6. The van der Waals surface area contributed by atoms with Crippen molar-refractivity contribution in [3.63, 3.8) is 0 Å². The van der Waals surface area contributed by atoms with Gasteiger partial charge in [0.15, 0.2) is 12.4 Å². The van der Waals surface area contributed by atoms with Crippen LogP contribution in [0.15, 0.2) is 30.3 Å². The van der Waals surface area contributed by atoms with E-state index in [4.69, 9.17) is 27.9 Å². The first-order valence-corrected chi connectivity index (χ1v) is 8.75. The molecule has 0 radical (unpaired) electrons. The Labute approximate surface area is 164 Å². The van der Waals surface area contributed by atoms with Crippen LogP contribution in [0.4, 0.5) is 11.4 Å². The molecule has 0 heterocycles. The van der Waals surface area contributed by atoms with Gasteiger partial charge in [0.25, 0.3) is 11.6 Å². The number of carbonyl (C=O) groups excluding carboxylic acids is 2. The Morgan fingerprint density at radius 1 is 1.30 bits per heavy atom. The largest absolute Gasteiger partial charge is 0.483 e. The summed E-state index contributed by atoms with van der Waals surface area (Å²) in [5, 5.41) is 13.9. The molecule has 0 fully saturated rings. The Kier molecular flexibility index (Phi) is 5.34. The van der Waals surface area contributed by atoms with Crippen molar-refractivity contribution in [2.24, 2.45) is 0 Å². The van der Waals surface area contributed by atoms with Gasteiger partial charge in [-0.05, 0) is 29.7 Å². The van der Waals surface area contributed by atoms with Crippen molar-refractivity contribution >= 4 is 46.3 Å². The van der Waals surface area contributed by atoms with E-state index in [1.165, 1.54) is 12.1 Å². The van der Waals surface area contributed by atoms with Gasteiger partial charge in [-0.3, -0.25) is 19.7 Å². The van der Waals surface area contributed by atoms with E-state index in [9.17, 15) is 19.7 Å². The number of ether oxygens (including phenoxy) is 1. The van der Waals surface area contributed by atoms with Gasteiger partial charge >= 0.3 is 0 Å². The Balaban J connectivity index is 1.74. The second-order valence-electron chi connectivity index (χ2n) is 6.12. The van der Waals surface area contributed by atoms with E-state index >= 15 is 0 Å². The number of carbonyl (C=O) groups is 2. The fourth-order valence-electron chi connectivity index (χ4n) is 3.00. The fourth-order valence-corrected chi connectivity index (χ4v) is 3.51.